The van der Waals surface area contributed by atoms with Crippen LogP contribution in [-0.4, -0.2) is 13.1 Å². The molecule has 0 saturated heterocycles. The van der Waals surface area contributed by atoms with E-state index >= 15 is 0 Å². The van der Waals surface area contributed by atoms with Crippen molar-refractivity contribution in [2.24, 2.45) is 5.92 Å². The summed E-state index contributed by atoms with van der Waals surface area (Å²) in [5.74, 6) is 1.00. The van der Waals surface area contributed by atoms with Crippen molar-refractivity contribution in [3.8, 4) is 0 Å². The summed E-state index contributed by atoms with van der Waals surface area (Å²) in [5, 5.41) is 3.37. The van der Waals surface area contributed by atoms with E-state index in [1.807, 2.05) is 0 Å². The third-order valence-electron chi connectivity index (χ3n) is 2.85. The lowest BCUT2D eigenvalue weighted by molar-refractivity contribution is 0.263. The molecule has 0 aromatic rings. The van der Waals surface area contributed by atoms with E-state index in [9.17, 15) is 0 Å². The standard InChI is InChI=1S/C11H21N/c1-9(2)7-11(12-3)8-10-5-4-6-10/h10-12H,1,4-8H2,2-3H3. The van der Waals surface area contributed by atoms with Gasteiger partial charge in [0.1, 0.15) is 0 Å². The van der Waals surface area contributed by atoms with Crippen LogP contribution in [0.4, 0.5) is 0 Å². The van der Waals surface area contributed by atoms with Crippen LogP contribution in [0, 0.1) is 5.92 Å². The zero-order chi connectivity index (χ0) is 8.97. The molecule has 0 bridgehead atoms. The van der Waals surface area contributed by atoms with E-state index < -0.39 is 0 Å². The molecule has 12 heavy (non-hydrogen) atoms. The summed E-state index contributed by atoms with van der Waals surface area (Å²) in [5.41, 5.74) is 1.30. The average Bonchev–Trinajstić information content (AvgIpc) is 1.93. The van der Waals surface area contributed by atoms with Crippen LogP contribution in [0.3, 0.4) is 0 Å². The van der Waals surface area contributed by atoms with Gasteiger partial charge in [-0.2, -0.15) is 0 Å². The molecule has 0 aromatic carbocycles. The van der Waals surface area contributed by atoms with Gasteiger partial charge in [-0.15, -0.1) is 6.58 Å². The molecule has 1 atom stereocenters. The van der Waals surface area contributed by atoms with E-state index in [0.29, 0.717) is 6.04 Å². The van der Waals surface area contributed by atoms with Crippen molar-refractivity contribution < 1.29 is 0 Å². The van der Waals surface area contributed by atoms with Gasteiger partial charge >= 0.3 is 0 Å². The Labute approximate surface area is 76.2 Å². The fourth-order valence-electron chi connectivity index (χ4n) is 1.85. The molecule has 1 saturated carbocycles. The lowest BCUT2D eigenvalue weighted by atomic mass is 9.80. The first-order chi connectivity index (χ1) is 5.72. The minimum absolute atomic E-state index is 0.674. The van der Waals surface area contributed by atoms with Crippen molar-refractivity contribution >= 4 is 0 Å². The van der Waals surface area contributed by atoms with Crippen LogP contribution in [0.1, 0.15) is 39.0 Å². The number of nitrogens with one attached hydrogen (secondary N) is 1. The van der Waals surface area contributed by atoms with Gasteiger partial charge < -0.3 is 5.32 Å². The van der Waals surface area contributed by atoms with Crippen molar-refractivity contribution in [2.75, 3.05) is 7.05 Å². The molecule has 1 nitrogen and oxygen atoms in total. The van der Waals surface area contributed by atoms with Crippen molar-refractivity contribution in [1.82, 2.24) is 5.32 Å². The summed E-state index contributed by atoms with van der Waals surface area (Å²) in [6.07, 6.45) is 6.85. The Morgan fingerprint density at radius 3 is 2.58 bits per heavy atom. The maximum Gasteiger partial charge on any atom is 0.0104 e. The predicted octanol–water partition coefficient (Wildman–Crippen LogP) is 2.73. The van der Waals surface area contributed by atoms with Gasteiger partial charge in [0.2, 0.25) is 0 Å². The van der Waals surface area contributed by atoms with Crippen molar-refractivity contribution in [1.29, 1.82) is 0 Å². The first-order valence-electron chi connectivity index (χ1n) is 5.04. The Balaban J connectivity index is 2.19. The fourth-order valence-corrected chi connectivity index (χ4v) is 1.85. The minimum Gasteiger partial charge on any atom is -0.317 e. The van der Waals surface area contributed by atoms with Gasteiger partial charge in [0, 0.05) is 6.04 Å². The summed E-state index contributed by atoms with van der Waals surface area (Å²) in [6, 6.07) is 0.674. The van der Waals surface area contributed by atoms with E-state index in [0.717, 1.165) is 12.3 Å². The monoisotopic (exact) mass is 167 g/mol. The Morgan fingerprint density at radius 2 is 2.25 bits per heavy atom. The van der Waals surface area contributed by atoms with Crippen molar-refractivity contribution in [3.63, 3.8) is 0 Å². The highest BCUT2D eigenvalue weighted by Crippen LogP contribution is 2.31. The van der Waals surface area contributed by atoms with Gasteiger partial charge in [0.15, 0.2) is 0 Å². The van der Waals surface area contributed by atoms with E-state index in [2.05, 4.69) is 25.9 Å². The lowest BCUT2D eigenvalue weighted by Gasteiger charge is -2.29. The Morgan fingerprint density at radius 1 is 1.58 bits per heavy atom. The van der Waals surface area contributed by atoms with Crippen LogP contribution in [0.5, 0.6) is 0 Å². The molecule has 0 radical (unpaired) electrons. The average molecular weight is 167 g/mol. The third kappa shape index (κ3) is 2.98. The summed E-state index contributed by atoms with van der Waals surface area (Å²) in [6.45, 7) is 6.07. The molecule has 1 rings (SSSR count). The molecule has 0 spiro atoms. The summed E-state index contributed by atoms with van der Waals surface area (Å²) >= 11 is 0. The Bertz CT molecular complexity index is 147. The van der Waals surface area contributed by atoms with Crippen molar-refractivity contribution in [2.45, 2.75) is 45.1 Å². The minimum atomic E-state index is 0.674. The zero-order valence-corrected chi connectivity index (χ0v) is 8.40. The first kappa shape index (κ1) is 9.79. The van der Waals surface area contributed by atoms with Gasteiger partial charge in [-0.1, -0.05) is 24.8 Å². The van der Waals surface area contributed by atoms with Gasteiger partial charge in [-0.25, -0.2) is 0 Å². The zero-order valence-electron chi connectivity index (χ0n) is 8.40. The highest BCUT2D eigenvalue weighted by atomic mass is 14.9. The lowest BCUT2D eigenvalue weighted by Crippen LogP contribution is -2.30. The molecular formula is C11H21N. The highest BCUT2D eigenvalue weighted by molar-refractivity contribution is 4.93. The maximum atomic E-state index is 3.95. The molecule has 1 fully saturated rings. The smallest absolute Gasteiger partial charge is 0.0104 e. The van der Waals surface area contributed by atoms with Crippen LogP contribution in [0.2, 0.25) is 0 Å². The van der Waals surface area contributed by atoms with Crippen LogP contribution in [0.25, 0.3) is 0 Å². The second-order valence-corrected chi connectivity index (χ2v) is 4.18. The van der Waals surface area contributed by atoms with Crippen LogP contribution < -0.4 is 5.32 Å². The first-order valence-corrected chi connectivity index (χ1v) is 5.04. The van der Waals surface area contributed by atoms with Gasteiger partial charge in [-0.05, 0) is 32.7 Å². The van der Waals surface area contributed by atoms with E-state index in [1.165, 1.54) is 31.3 Å². The van der Waals surface area contributed by atoms with Gasteiger partial charge in [-0.3, -0.25) is 0 Å². The third-order valence-corrected chi connectivity index (χ3v) is 2.85. The van der Waals surface area contributed by atoms with Gasteiger partial charge in [0.25, 0.3) is 0 Å². The number of hydrogen-bond donors (Lipinski definition) is 1. The molecule has 70 valence electrons. The normalized spacial score (nSPS) is 20.2. The molecular weight excluding hydrogens is 146 g/mol. The topological polar surface area (TPSA) is 12.0 Å². The molecule has 1 aliphatic rings. The quantitative estimate of drug-likeness (QED) is 0.621. The predicted molar refractivity (Wildman–Crippen MR) is 54.2 cm³/mol. The fraction of sp³-hybridized carbons (Fsp3) is 0.818. The molecule has 0 amide bonds. The number of hydrogen-bond acceptors (Lipinski definition) is 1. The molecule has 0 aliphatic heterocycles. The Hall–Kier alpha value is -0.300. The largest absolute Gasteiger partial charge is 0.317 e. The maximum absolute atomic E-state index is 3.95. The van der Waals surface area contributed by atoms with E-state index in [1.54, 1.807) is 0 Å². The molecule has 1 heteroatoms. The molecule has 0 aromatic heterocycles. The second-order valence-electron chi connectivity index (χ2n) is 4.18. The SMILES string of the molecule is C=C(C)CC(CC1CCC1)NC. The summed E-state index contributed by atoms with van der Waals surface area (Å²) in [4.78, 5) is 0. The van der Waals surface area contributed by atoms with Crippen LogP contribution in [-0.2, 0) is 0 Å². The molecule has 1 unspecified atom stereocenters. The molecule has 0 heterocycles. The summed E-state index contributed by atoms with van der Waals surface area (Å²) in [7, 11) is 2.06. The van der Waals surface area contributed by atoms with E-state index in [-0.39, 0.29) is 0 Å². The Kier molecular flexibility index (Phi) is 3.80. The molecule has 1 aliphatic carbocycles. The van der Waals surface area contributed by atoms with Gasteiger partial charge in [0.05, 0.1) is 0 Å². The molecule has 1 N–H and O–H groups in total. The van der Waals surface area contributed by atoms with Crippen molar-refractivity contribution in [3.05, 3.63) is 12.2 Å². The number of rotatable bonds is 5. The van der Waals surface area contributed by atoms with Crippen LogP contribution in [0.15, 0.2) is 12.2 Å². The second kappa shape index (κ2) is 4.66. The van der Waals surface area contributed by atoms with Crippen LogP contribution >= 0.6 is 0 Å². The van der Waals surface area contributed by atoms with E-state index in [4.69, 9.17) is 0 Å². The summed E-state index contributed by atoms with van der Waals surface area (Å²) < 4.78 is 0. The highest BCUT2D eigenvalue weighted by Gasteiger charge is 2.20.